The second-order valence-corrected chi connectivity index (χ2v) is 4.32. The molecule has 4 nitrogen and oxygen atoms in total. The Morgan fingerprint density at radius 3 is 2.59 bits per heavy atom. The van der Waals surface area contributed by atoms with Gasteiger partial charge in [-0.25, -0.2) is 0 Å². The number of ketones is 1. The molecule has 0 aliphatic rings. The zero-order chi connectivity index (χ0) is 13.0. The summed E-state index contributed by atoms with van der Waals surface area (Å²) in [6.45, 7) is 1.95. The van der Waals surface area contributed by atoms with Gasteiger partial charge >= 0.3 is 0 Å². The number of nitro benzene ring substituents is 1. The molecule has 1 aromatic rings. The first kappa shape index (κ1) is 13.9. The average molecular weight is 276 g/mol. The summed E-state index contributed by atoms with van der Waals surface area (Å²) in [7, 11) is 0. The van der Waals surface area contributed by atoms with Crippen molar-refractivity contribution in [3.8, 4) is 0 Å². The van der Waals surface area contributed by atoms with Gasteiger partial charge in [0.15, 0.2) is 5.78 Å². The zero-order valence-electron chi connectivity index (χ0n) is 9.20. The van der Waals surface area contributed by atoms with Crippen molar-refractivity contribution in [3.63, 3.8) is 0 Å². The predicted molar refractivity (Wildman–Crippen MR) is 67.0 cm³/mol. The molecule has 0 aromatic heterocycles. The highest BCUT2D eigenvalue weighted by Crippen LogP contribution is 2.34. The van der Waals surface area contributed by atoms with Crippen LogP contribution in [0.5, 0.6) is 0 Å². The lowest BCUT2D eigenvalue weighted by molar-refractivity contribution is -0.384. The third-order valence-electron chi connectivity index (χ3n) is 2.30. The number of carbonyl (C=O) groups excluding carboxylic acids is 1. The summed E-state index contributed by atoms with van der Waals surface area (Å²) < 4.78 is 0. The maximum Gasteiger partial charge on any atom is 0.288 e. The topological polar surface area (TPSA) is 60.2 Å². The standard InChI is InChI=1S/C11H11Cl2NO3/c1-2-3-4-9(15)10-7(12)5-6-8(11(10)13)14(16)17/h5-6H,2-4H2,1H3. The minimum Gasteiger partial charge on any atom is -0.294 e. The Morgan fingerprint density at radius 2 is 2.06 bits per heavy atom. The van der Waals surface area contributed by atoms with Crippen LogP contribution in [0.3, 0.4) is 0 Å². The number of hydrogen-bond acceptors (Lipinski definition) is 3. The summed E-state index contributed by atoms with van der Waals surface area (Å²) in [4.78, 5) is 21.9. The first-order chi connectivity index (χ1) is 7.99. The summed E-state index contributed by atoms with van der Waals surface area (Å²) in [6.07, 6.45) is 1.85. The van der Waals surface area contributed by atoms with Gasteiger partial charge in [0.25, 0.3) is 5.69 Å². The number of hydrogen-bond donors (Lipinski definition) is 0. The predicted octanol–water partition coefficient (Wildman–Crippen LogP) is 4.27. The smallest absolute Gasteiger partial charge is 0.288 e. The molecule has 1 rings (SSSR count). The summed E-state index contributed by atoms with van der Waals surface area (Å²) in [5.41, 5.74) is -0.244. The maximum absolute atomic E-state index is 11.8. The van der Waals surface area contributed by atoms with Gasteiger partial charge in [0.05, 0.1) is 15.5 Å². The van der Waals surface area contributed by atoms with Crippen molar-refractivity contribution in [2.24, 2.45) is 0 Å². The largest absolute Gasteiger partial charge is 0.294 e. The van der Waals surface area contributed by atoms with Crippen molar-refractivity contribution >= 4 is 34.7 Å². The van der Waals surface area contributed by atoms with E-state index in [1.165, 1.54) is 12.1 Å². The molecule has 0 aliphatic carbocycles. The zero-order valence-corrected chi connectivity index (χ0v) is 10.7. The molecule has 92 valence electrons. The van der Waals surface area contributed by atoms with Gasteiger partial charge in [0, 0.05) is 12.5 Å². The lowest BCUT2D eigenvalue weighted by Gasteiger charge is -2.06. The molecular weight excluding hydrogens is 265 g/mol. The van der Waals surface area contributed by atoms with Crippen molar-refractivity contribution in [1.82, 2.24) is 0 Å². The van der Waals surface area contributed by atoms with Crippen LogP contribution in [0.4, 0.5) is 5.69 Å². The first-order valence-corrected chi connectivity index (χ1v) is 5.90. The van der Waals surface area contributed by atoms with Gasteiger partial charge in [0.1, 0.15) is 5.02 Å². The number of nitro groups is 1. The van der Waals surface area contributed by atoms with Gasteiger partial charge in [0.2, 0.25) is 0 Å². The first-order valence-electron chi connectivity index (χ1n) is 5.14. The van der Waals surface area contributed by atoms with E-state index in [4.69, 9.17) is 23.2 Å². The molecule has 1 aromatic carbocycles. The maximum atomic E-state index is 11.8. The fourth-order valence-corrected chi connectivity index (χ4v) is 2.05. The molecule has 0 fully saturated rings. The van der Waals surface area contributed by atoms with E-state index in [-0.39, 0.29) is 33.5 Å². The van der Waals surface area contributed by atoms with Gasteiger partial charge < -0.3 is 0 Å². The Balaban J connectivity index is 3.18. The number of unbranched alkanes of at least 4 members (excludes halogenated alkanes) is 1. The quantitative estimate of drug-likeness (QED) is 0.458. The van der Waals surface area contributed by atoms with Crippen LogP contribution in [0.1, 0.15) is 36.5 Å². The van der Waals surface area contributed by atoms with Crippen LogP contribution in [0.15, 0.2) is 12.1 Å². The third-order valence-corrected chi connectivity index (χ3v) is 3.00. The second-order valence-electron chi connectivity index (χ2n) is 3.54. The molecule has 6 heteroatoms. The van der Waals surface area contributed by atoms with Crippen molar-refractivity contribution in [2.75, 3.05) is 0 Å². The van der Waals surface area contributed by atoms with Crippen LogP contribution in [0, 0.1) is 10.1 Å². The highest BCUT2D eigenvalue weighted by Gasteiger charge is 2.22. The molecule has 0 atom stereocenters. The van der Waals surface area contributed by atoms with E-state index >= 15 is 0 Å². The van der Waals surface area contributed by atoms with Crippen LogP contribution >= 0.6 is 23.2 Å². The Hall–Kier alpha value is -1.13. The Kier molecular flexibility index (Phi) is 4.90. The summed E-state index contributed by atoms with van der Waals surface area (Å²) in [5.74, 6) is -0.259. The number of carbonyl (C=O) groups is 1. The number of benzene rings is 1. The number of nitrogens with zero attached hydrogens (tertiary/aromatic N) is 1. The van der Waals surface area contributed by atoms with Crippen LogP contribution in [0.25, 0.3) is 0 Å². The molecule has 0 radical (unpaired) electrons. The number of halogens is 2. The SMILES string of the molecule is CCCCC(=O)c1c(Cl)ccc([N+](=O)[O-])c1Cl. The minimum atomic E-state index is -0.630. The normalized spacial score (nSPS) is 10.3. The molecule has 0 saturated carbocycles. The molecule has 0 amide bonds. The van der Waals surface area contributed by atoms with E-state index in [0.29, 0.717) is 6.42 Å². The van der Waals surface area contributed by atoms with E-state index in [9.17, 15) is 14.9 Å². The molecular formula is C11H11Cl2NO3. The molecule has 0 N–H and O–H groups in total. The van der Waals surface area contributed by atoms with E-state index in [1.54, 1.807) is 0 Å². The lowest BCUT2D eigenvalue weighted by atomic mass is 10.0. The van der Waals surface area contributed by atoms with E-state index in [0.717, 1.165) is 6.42 Å². The monoisotopic (exact) mass is 275 g/mol. The fraction of sp³-hybridized carbons (Fsp3) is 0.364. The van der Waals surface area contributed by atoms with Crippen LogP contribution in [-0.4, -0.2) is 10.7 Å². The average Bonchev–Trinajstić information content (AvgIpc) is 2.25. The Morgan fingerprint density at radius 1 is 1.41 bits per heavy atom. The van der Waals surface area contributed by atoms with Gasteiger partial charge in [-0.15, -0.1) is 0 Å². The number of Topliss-reactive ketones (excluding diaryl/α,β-unsaturated/α-hetero) is 1. The van der Waals surface area contributed by atoms with E-state index in [1.807, 2.05) is 6.92 Å². The van der Waals surface area contributed by atoms with Crippen molar-refractivity contribution in [2.45, 2.75) is 26.2 Å². The second kappa shape index (κ2) is 5.98. The third kappa shape index (κ3) is 3.17. The summed E-state index contributed by atoms with van der Waals surface area (Å²) in [5, 5.41) is 10.7. The van der Waals surface area contributed by atoms with Crippen LogP contribution < -0.4 is 0 Å². The lowest BCUT2D eigenvalue weighted by Crippen LogP contribution is -2.03. The van der Waals surface area contributed by atoms with Crippen molar-refractivity contribution in [1.29, 1.82) is 0 Å². The molecule has 0 heterocycles. The molecule has 0 saturated heterocycles. The van der Waals surface area contributed by atoms with Crippen LogP contribution in [-0.2, 0) is 0 Å². The fourth-order valence-electron chi connectivity index (χ4n) is 1.40. The van der Waals surface area contributed by atoms with Crippen molar-refractivity contribution in [3.05, 3.63) is 37.9 Å². The van der Waals surface area contributed by atoms with Gasteiger partial charge in [-0.1, -0.05) is 36.5 Å². The van der Waals surface area contributed by atoms with Gasteiger partial charge in [-0.05, 0) is 12.5 Å². The Bertz CT molecular complexity index is 460. The van der Waals surface area contributed by atoms with Gasteiger partial charge in [-0.2, -0.15) is 0 Å². The number of rotatable bonds is 5. The van der Waals surface area contributed by atoms with Crippen LogP contribution in [0.2, 0.25) is 10.0 Å². The molecule has 17 heavy (non-hydrogen) atoms. The van der Waals surface area contributed by atoms with E-state index < -0.39 is 4.92 Å². The highest BCUT2D eigenvalue weighted by atomic mass is 35.5. The summed E-state index contributed by atoms with van der Waals surface area (Å²) >= 11 is 11.7. The van der Waals surface area contributed by atoms with Gasteiger partial charge in [-0.3, -0.25) is 14.9 Å². The molecule has 0 unspecified atom stereocenters. The van der Waals surface area contributed by atoms with Crippen molar-refractivity contribution < 1.29 is 9.72 Å². The molecule has 0 aliphatic heterocycles. The molecule has 0 bridgehead atoms. The highest BCUT2D eigenvalue weighted by molar-refractivity contribution is 6.41. The minimum absolute atomic E-state index is 0.0518. The molecule has 0 spiro atoms. The Labute approximate surface area is 109 Å². The van der Waals surface area contributed by atoms with E-state index in [2.05, 4.69) is 0 Å². The summed E-state index contributed by atoms with van der Waals surface area (Å²) in [6, 6.07) is 2.52.